The van der Waals surface area contributed by atoms with Crippen molar-refractivity contribution < 1.29 is 22.7 Å². The van der Waals surface area contributed by atoms with Gasteiger partial charge in [0.15, 0.2) is 6.61 Å². The zero-order chi connectivity index (χ0) is 19.7. The molecule has 0 amide bonds. The van der Waals surface area contributed by atoms with E-state index in [9.17, 15) is 13.2 Å². The second kappa shape index (κ2) is 9.89. The van der Waals surface area contributed by atoms with Gasteiger partial charge in [-0.15, -0.1) is 0 Å². The van der Waals surface area contributed by atoms with Crippen LogP contribution in [0.1, 0.15) is 18.1 Å². The molecule has 0 fully saturated rings. The van der Waals surface area contributed by atoms with Crippen molar-refractivity contribution >= 4 is 22.1 Å². The first-order valence-electron chi connectivity index (χ1n) is 8.54. The third kappa shape index (κ3) is 6.23. The number of benzene rings is 2. The molecule has 0 bridgehead atoms. The number of hydrogen-bond donors (Lipinski definition) is 1. The number of nitrogens with one attached hydrogen (secondary N) is 1. The maximum absolute atomic E-state index is 12.4. The van der Waals surface area contributed by atoms with Gasteiger partial charge in [0, 0.05) is 6.54 Å². The van der Waals surface area contributed by atoms with Crippen LogP contribution >= 0.6 is 0 Å². The van der Waals surface area contributed by atoms with Crippen LogP contribution in [0.3, 0.4) is 0 Å². The van der Waals surface area contributed by atoms with E-state index in [1.54, 1.807) is 43.3 Å². The summed E-state index contributed by atoms with van der Waals surface area (Å²) in [6.07, 6.45) is 2.04. The Bertz CT molecular complexity index is 876. The summed E-state index contributed by atoms with van der Waals surface area (Å²) < 4.78 is 37.6. The maximum atomic E-state index is 12.4. The van der Waals surface area contributed by atoms with Crippen LogP contribution in [0.15, 0.2) is 60.0 Å². The zero-order valence-corrected chi connectivity index (χ0v) is 16.0. The first kappa shape index (κ1) is 20.7. The van der Waals surface area contributed by atoms with Crippen LogP contribution in [0.5, 0.6) is 5.75 Å². The number of ether oxygens (including phenoxy) is 2. The average molecular weight is 389 g/mol. The van der Waals surface area contributed by atoms with E-state index >= 15 is 0 Å². The molecule has 0 aliphatic carbocycles. The van der Waals surface area contributed by atoms with Crippen LogP contribution in [0.4, 0.5) is 0 Å². The summed E-state index contributed by atoms with van der Waals surface area (Å²) in [5.41, 5.74) is 1.51. The quantitative estimate of drug-likeness (QED) is 0.632. The molecule has 1 N–H and O–H groups in total. The number of carbonyl (C=O) groups excluding carboxylic acids is 1. The molecule has 0 radical (unpaired) electrons. The average Bonchev–Trinajstić information content (AvgIpc) is 2.67. The predicted molar refractivity (Wildman–Crippen MR) is 104 cm³/mol. The van der Waals surface area contributed by atoms with Crippen LogP contribution in [0.2, 0.25) is 0 Å². The molecule has 27 heavy (non-hydrogen) atoms. The third-order valence-corrected chi connectivity index (χ3v) is 5.25. The molecule has 2 aromatic rings. The van der Waals surface area contributed by atoms with E-state index in [1.165, 1.54) is 6.08 Å². The minimum absolute atomic E-state index is 0.143. The van der Waals surface area contributed by atoms with Gasteiger partial charge in [-0.3, -0.25) is 0 Å². The molecular formula is C20H23NO5S. The molecular weight excluding hydrogens is 366 g/mol. The first-order chi connectivity index (χ1) is 13.0. The van der Waals surface area contributed by atoms with Crippen LogP contribution in [0.25, 0.3) is 6.08 Å². The van der Waals surface area contributed by atoms with Crippen LogP contribution in [0, 0.1) is 0 Å². The van der Waals surface area contributed by atoms with Crippen molar-refractivity contribution in [2.75, 3.05) is 19.8 Å². The van der Waals surface area contributed by atoms with E-state index in [-0.39, 0.29) is 18.0 Å². The smallest absolute Gasteiger partial charge is 0.344 e. The molecule has 0 aliphatic rings. The van der Waals surface area contributed by atoms with E-state index < -0.39 is 16.0 Å². The fourth-order valence-corrected chi connectivity index (χ4v) is 3.64. The number of carbonyl (C=O) groups is 1. The first-order valence-corrected chi connectivity index (χ1v) is 10.0. The van der Waals surface area contributed by atoms with Crippen molar-refractivity contribution in [1.29, 1.82) is 0 Å². The summed E-state index contributed by atoms with van der Waals surface area (Å²) >= 11 is 0. The Balaban J connectivity index is 1.88. The van der Waals surface area contributed by atoms with Crippen molar-refractivity contribution in [3.05, 3.63) is 66.2 Å². The molecule has 2 aromatic carbocycles. The Morgan fingerprint density at radius 2 is 1.85 bits per heavy atom. The highest BCUT2D eigenvalue weighted by molar-refractivity contribution is 7.89. The van der Waals surface area contributed by atoms with Gasteiger partial charge in [-0.1, -0.05) is 43.0 Å². The minimum Gasteiger partial charge on any atom is -0.482 e. The highest BCUT2D eigenvalue weighted by Crippen LogP contribution is 2.16. The minimum atomic E-state index is -3.60. The lowest BCUT2D eigenvalue weighted by atomic mass is 10.1. The standard InChI is InChI=1S/C20H23NO5S/c1-3-17-7-5-6-8-19(17)27(23,24)21-14-13-16-9-11-18(12-10-16)26-15-20(22)25-4-2/h3,5-12,21H,1,4,13-15H2,2H3. The summed E-state index contributed by atoms with van der Waals surface area (Å²) in [7, 11) is -3.60. The van der Waals surface area contributed by atoms with E-state index in [4.69, 9.17) is 9.47 Å². The Morgan fingerprint density at radius 3 is 2.52 bits per heavy atom. The normalized spacial score (nSPS) is 11.0. The molecule has 6 nitrogen and oxygen atoms in total. The van der Waals surface area contributed by atoms with Gasteiger partial charge in [0.1, 0.15) is 5.75 Å². The van der Waals surface area contributed by atoms with Gasteiger partial charge in [0.25, 0.3) is 0 Å². The van der Waals surface area contributed by atoms with Crippen molar-refractivity contribution in [3.8, 4) is 5.75 Å². The van der Waals surface area contributed by atoms with E-state index in [0.29, 0.717) is 24.3 Å². The highest BCUT2D eigenvalue weighted by Gasteiger charge is 2.16. The Labute approximate surface area is 159 Å². The summed E-state index contributed by atoms with van der Waals surface area (Å²) in [4.78, 5) is 11.5. The lowest BCUT2D eigenvalue weighted by Gasteiger charge is -2.10. The second-order valence-corrected chi connectivity index (χ2v) is 7.36. The van der Waals surface area contributed by atoms with E-state index in [0.717, 1.165) is 5.56 Å². The van der Waals surface area contributed by atoms with Crippen LogP contribution in [-0.2, 0) is 26.0 Å². The topological polar surface area (TPSA) is 81.7 Å². The SMILES string of the molecule is C=Cc1ccccc1S(=O)(=O)NCCc1ccc(OCC(=O)OCC)cc1. The lowest BCUT2D eigenvalue weighted by molar-refractivity contribution is -0.145. The van der Waals surface area contributed by atoms with Gasteiger partial charge in [-0.2, -0.15) is 0 Å². The summed E-state index contributed by atoms with van der Waals surface area (Å²) in [6.45, 7) is 5.81. The number of sulfonamides is 1. The van der Waals surface area contributed by atoms with Crippen molar-refractivity contribution in [1.82, 2.24) is 4.72 Å². The molecule has 2 rings (SSSR count). The van der Waals surface area contributed by atoms with Crippen molar-refractivity contribution in [2.24, 2.45) is 0 Å². The molecule has 0 aliphatic heterocycles. The van der Waals surface area contributed by atoms with Gasteiger partial charge >= 0.3 is 5.97 Å². The number of rotatable bonds is 10. The molecule has 0 heterocycles. The van der Waals surface area contributed by atoms with E-state index in [1.807, 2.05) is 12.1 Å². The van der Waals surface area contributed by atoms with Crippen LogP contribution < -0.4 is 9.46 Å². The molecule has 0 spiro atoms. The zero-order valence-electron chi connectivity index (χ0n) is 15.2. The van der Waals surface area contributed by atoms with Gasteiger partial charge < -0.3 is 9.47 Å². The molecule has 0 saturated carbocycles. The second-order valence-electron chi connectivity index (χ2n) is 5.63. The lowest BCUT2D eigenvalue weighted by Crippen LogP contribution is -2.26. The summed E-state index contributed by atoms with van der Waals surface area (Å²) in [6, 6.07) is 13.8. The Morgan fingerprint density at radius 1 is 1.15 bits per heavy atom. The molecule has 0 saturated heterocycles. The van der Waals surface area contributed by atoms with Gasteiger partial charge in [0.2, 0.25) is 10.0 Å². The summed E-state index contributed by atoms with van der Waals surface area (Å²) in [5.74, 6) is 0.128. The van der Waals surface area contributed by atoms with E-state index in [2.05, 4.69) is 11.3 Å². The predicted octanol–water partition coefficient (Wildman–Crippen LogP) is 2.79. The number of esters is 1. The monoisotopic (exact) mass is 389 g/mol. The molecule has 7 heteroatoms. The third-order valence-electron chi connectivity index (χ3n) is 3.72. The van der Waals surface area contributed by atoms with Gasteiger partial charge in [-0.05, 0) is 42.7 Å². The largest absolute Gasteiger partial charge is 0.482 e. The van der Waals surface area contributed by atoms with Crippen molar-refractivity contribution in [3.63, 3.8) is 0 Å². The molecule has 144 valence electrons. The highest BCUT2D eigenvalue weighted by atomic mass is 32.2. The van der Waals surface area contributed by atoms with Gasteiger partial charge in [0.05, 0.1) is 11.5 Å². The molecule has 0 unspecified atom stereocenters. The Kier molecular flexibility index (Phi) is 7.57. The maximum Gasteiger partial charge on any atom is 0.344 e. The fourth-order valence-electron chi connectivity index (χ4n) is 2.40. The molecule has 0 atom stereocenters. The van der Waals surface area contributed by atoms with Gasteiger partial charge in [-0.25, -0.2) is 17.9 Å². The molecule has 0 aromatic heterocycles. The fraction of sp³-hybridized carbons (Fsp3) is 0.250. The Hall–Kier alpha value is -2.64. The summed E-state index contributed by atoms with van der Waals surface area (Å²) in [5, 5.41) is 0. The van der Waals surface area contributed by atoms with Crippen LogP contribution in [-0.4, -0.2) is 34.1 Å². The van der Waals surface area contributed by atoms with Crippen molar-refractivity contribution in [2.45, 2.75) is 18.2 Å². The number of hydrogen-bond acceptors (Lipinski definition) is 5.